The number of amides is 2. The molecule has 4 fully saturated rings. The SMILES string of the molecule is CC(=O)NC12CC3CC(C1)CC(C(=O)OCC(=O)Nc1ccc(C)c(S(=O)(=O)N(C)C)c1)(C3)C2. The maximum Gasteiger partial charge on any atom is 0.312 e. The van der Waals surface area contributed by atoms with E-state index in [0.717, 1.165) is 36.4 Å². The zero-order valence-electron chi connectivity index (χ0n) is 20.1. The summed E-state index contributed by atoms with van der Waals surface area (Å²) >= 11 is 0. The Balaban J connectivity index is 1.41. The lowest BCUT2D eigenvalue weighted by Crippen LogP contribution is -2.64. The van der Waals surface area contributed by atoms with Crippen molar-refractivity contribution in [1.82, 2.24) is 9.62 Å². The Hall–Kier alpha value is -2.46. The Morgan fingerprint density at radius 2 is 1.76 bits per heavy atom. The van der Waals surface area contributed by atoms with Crippen LogP contribution >= 0.6 is 0 Å². The molecule has 0 heterocycles. The van der Waals surface area contributed by atoms with Crippen LogP contribution in [0.4, 0.5) is 5.69 Å². The Bertz CT molecular complexity index is 1120. The van der Waals surface area contributed by atoms with Crippen molar-refractivity contribution < 1.29 is 27.5 Å². The smallest absolute Gasteiger partial charge is 0.312 e. The largest absolute Gasteiger partial charge is 0.455 e. The first kappa shape index (κ1) is 24.7. The predicted molar refractivity (Wildman–Crippen MR) is 125 cm³/mol. The van der Waals surface area contributed by atoms with Crippen LogP contribution in [0.1, 0.15) is 51.0 Å². The van der Waals surface area contributed by atoms with Gasteiger partial charge in [-0.05, 0) is 75.0 Å². The van der Waals surface area contributed by atoms with E-state index < -0.39 is 28.0 Å². The molecule has 34 heavy (non-hydrogen) atoms. The van der Waals surface area contributed by atoms with Crippen molar-refractivity contribution in [3.63, 3.8) is 0 Å². The van der Waals surface area contributed by atoms with Crippen LogP contribution in [0, 0.1) is 24.2 Å². The zero-order chi connectivity index (χ0) is 24.9. The van der Waals surface area contributed by atoms with Gasteiger partial charge < -0.3 is 15.4 Å². The number of ether oxygens (including phenoxy) is 1. The summed E-state index contributed by atoms with van der Waals surface area (Å²) in [5.74, 6) is -0.255. The van der Waals surface area contributed by atoms with Gasteiger partial charge in [0.1, 0.15) is 0 Å². The van der Waals surface area contributed by atoms with Gasteiger partial charge in [-0.3, -0.25) is 14.4 Å². The number of carbonyl (C=O) groups excluding carboxylic acids is 3. The fourth-order valence-electron chi connectivity index (χ4n) is 6.65. The second-order valence-electron chi connectivity index (χ2n) is 10.6. The molecule has 0 spiro atoms. The number of rotatable bonds is 7. The molecule has 5 rings (SSSR count). The highest BCUT2D eigenvalue weighted by Crippen LogP contribution is 2.62. The fraction of sp³-hybridized carbons (Fsp3) is 0.625. The van der Waals surface area contributed by atoms with Gasteiger partial charge in [0.05, 0.1) is 10.3 Å². The molecule has 1 aromatic carbocycles. The predicted octanol–water partition coefficient (Wildman–Crippen LogP) is 2.20. The number of hydrogen-bond donors (Lipinski definition) is 2. The van der Waals surface area contributed by atoms with E-state index in [0.29, 0.717) is 29.5 Å². The molecule has 0 aliphatic heterocycles. The first-order valence-corrected chi connectivity index (χ1v) is 13.1. The zero-order valence-corrected chi connectivity index (χ0v) is 21.0. The highest BCUT2D eigenvalue weighted by molar-refractivity contribution is 7.89. The third kappa shape index (κ3) is 4.57. The van der Waals surface area contributed by atoms with Crippen molar-refractivity contribution in [3.05, 3.63) is 23.8 Å². The minimum atomic E-state index is -3.67. The number of nitrogens with zero attached hydrogens (tertiary/aromatic N) is 1. The number of aryl methyl sites for hydroxylation is 1. The van der Waals surface area contributed by atoms with Gasteiger partial charge in [0.25, 0.3) is 5.91 Å². The number of anilines is 1. The molecule has 2 amide bonds. The van der Waals surface area contributed by atoms with E-state index >= 15 is 0 Å². The van der Waals surface area contributed by atoms with Crippen molar-refractivity contribution in [3.8, 4) is 0 Å². The van der Waals surface area contributed by atoms with Crippen LogP contribution in [-0.4, -0.2) is 56.7 Å². The molecule has 9 nitrogen and oxygen atoms in total. The van der Waals surface area contributed by atoms with E-state index in [4.69, 9.17) is 4.74 Å². The van der Waals surface area contributed by atoms with Crippen molar-refractivity contribution in [2.24, 2.45) is 17.3 Å². The Morgan fingerprint density at radius 1 is 1.12 bits per heavy atom. The van der Waals surface area contributed by atoms with E-state index in [1.165, 1.54) is 27.1 Å². The maximum absolute atomic E-state index is 13.2. The van der Waals surface area contributed by atoms with Crippen molar-refractivity contribution >= 4 is 33.5 Å². The van der Waals surface area contributed by atoms with Crippen LogP contribution in [0.2, 0.25) is 0 Å². The molecule has 186 valence electrons. The monoisotopic (exact) mass is 491 g/mol. The summed E-state index contributed by atoms with van der Waals surface area (Å²) in [6, 6.07) is 4.63. The molecule has 4 bridgehead atoms. The minimum absolute atomic E-state index is 0.0846. The lowest BCUT2D eigenvalue weighted by Gasteiger charge is -2.60. The average Bonchev–Trinajstić information content (AvgIpc) is 2.71. The van der Waals surface area contributed by atoms with Gasteiger partial charge in [0, 0.05) is 32.2 Å². The standard InChI is InChI=1S/C24H33N3O6S/c1-15-5-6-19(8-20(15)34(31,32)27(3)4)25-21(29)13-33-22(30)23-9-17-7-18(10-23)12-24(11-17,14-23)26-16(2)28/h5-6,8,17-18H,7,9-14H2,1-4H3,(H,25,29)(H,26,28). The number of hydrogen-bond acceptors (Lipinski definition) is 6. The summed E-state index contributed by atoms with van der Waals surface area (Å²) in [5.41, 5.74) is -0.142. The van der Waals surface area contributed by atoms with Crippen molar-refractivity contribution in [2.45, 2.75) is 62.8 Å². The molecule has 0 radical (unpaired) electrons. The van der Waals surface area contributed by atoms with E-state index in [-0.39, 0.29) is 22.3 Å². The Kier molecular flexibility index (Phi) is 6.27. The first-order valence-electron chi connectivity index (χ1n) is 11.6. The normalized spacial score (nSPS) is 29.7. The molecule has 1 aromatic rings. The van der Waals surface area contributed by atoms with Gasteiger partial charge >= 0.3 is 5.97 Å². The van der Waals surface area contributed by atoms with Gasteiger partial charge in [-0.15, -0.1) is 0 Å². The summed E-state index contributed by atoms with van der Waals surface area (Å²) in [6.45, 7) is 2.74. The van der Waals surface area contributed by atoms with E-state index in [1.54, 1.807) is 19.1 Å². The van der Waals surface area contributed by atoms with Crippen LogP contribution in [0.5, 0.6) is 0 Å². The Morgan fingerprint density at radius 3 is 2.35 bits per heavy atom. The first-order chi connectivity index (χ1) is 15.8. The third-order valence-corrected chi connectivity index (χ3v) is 9.46. The molecular weight excluding hydrogens is 458 g/mol. The number of nitrogens with one attached hydrogen (secondary N) is 2. The molecule has 2 atom stereocenters. The quantitative estimate of drug-likeness (QED) is 0.564. The highest BCUT2D eigenvalue weighted by Gasteiger charge is 2.61. The second-order valence-corrected chi connectivity index (χ2v) is 12.7. The van der Waals surface area contributed by atoms with E-state index in [2.05, 4.69) is 10.6 Å². The molecular formula is C24H33N3O6S. The Labute approximate surface area is 200 Å². The van der Waals surface area contributed by atoms with Crippen molar-refractivity contribution in [1.29, 1.82) is 0 Å². The maximum atomic E-state index is 13.2. The number of benzene rings is 1. The van der Waals surface area contributed by atoms with Crippen LogP contribution in [0.3, 0.4) is 0 Å². The molecule has 4 saturated carbocycles. The van der Waals surface area contributed by atoms with Gasteiger partial charge in [-0.2, -0.15) is 0 Å². The van der Waals surface area contributed by atoms with Gasteiger partial charge in [0.15, 0.2) is 6.61 Å². The summed E-state index contributed by atoms with van der Waals surface area (Å²) in [7, 11) is -0.777. The fourth-order valence-corrected chi connectivity index (χ4v) is 7.80. The number of sulfonamides is 1. The number of esters is 1. The summed E-state index contributed by atoms with van der Waals surface area (Å²) in [6.07, 6.45) is 4.87. The topological polar surface area (TPSA) is 122 Å². The van der Waals surface area contributed by atoms with E-state index in [9.17, 15) is 22.8 Å². The molecule has 0 saturated heterocycles. The molecule has 0 aromatic heterocycles. The highest BCUT2D eigenvalue weighted by atomic mass is 32.2. The minimum Gasteiger partial charge on any atom is -0.455 e. The molecule has 4 aliphatic rings. The molecule has 2 unspecified atom stereocenters. The lowest BCUT2D eigenvalue weighted by atomic mass is 9.47. The van der Waals surface area contributed by atoms with Gasteiger partial charge in [-0.1, -0.05) is 6.07 Å². The average molecular weight is 492 g/mol. The molecule has 4 aliphatic carbocycles. The third-order valence-electron chi connectivity index (χ3n) is 7.50. The molecule has 2 N–H and O–H groups in total. The molecule has 10 heteroatoms. The van der Waals surface area contributed by atoms with E-state index in [1.807, 2.05) is 0 Å². The summed E-state index contributed by atoms with van der Waals surface area (Å²) < 4.78 is 31.6. The lowest BCUT2D eigenvalue weighted by molar-refractivity contribution is -0.176. The number of carbonyl (C=O) groups is 3. The van der Waals surface area contributed by atoms with Crippen LogP contribution in [-0.2, 0) is 29.1 Å². The van der Waals surface area contributed by atoms with Crippen LogP contribution in [0.15, 0.2) is 23.1 Å². The van der Waals surface area contributed by atoms with Gasteiger partial charge in [0.2, 0.25) is 15.9 Å². The van der Waals surface area contributed by atoms with Crippen molar-refractivity contribution in [2.75, 3.05) is 26.0 Å². The van der Waals surface area contributed by atoms with Gasteiger partial charge in [-0.25, -0.2) is 12.7 Å². The second kappa shape index (κ2) is 8.64. The van der Waals surface area contributed by atoms with Crippen LogP contribution in [0.25, 0.3) is 0 Å². The summed E-state index contributed by atoms with van der Waals surface area (Å²) in [4.78, 5) is 37.6. The summed E-state index contributed by atoms with van der Waals surface area (Å²) in [5, 5.41) is 5.74. The van der Waals surface area contributed by atoms with Crippen LogP contribution < -0.4 is 10.6 Å².